The normalized spacial score (nSPS) is 11.6. The number of nitrogens with zero attached hydrogens (tertiary/aromatic N) is 4. The largest absolute Gasteiger partial charge is 0.406 e. The molecule has 0 spiro atoms. The van der Waals surface area contributed by atoms with Crippen LogP contribution in [0.2, 0.25) is 0 Å². The first-order valence-electron chi connectivity index (χ1n) is 9.06. The van der Waals surface area contributed by atoms with Crippen LogP contribution in [0.15, 0.2) is 34.9 Å². The van der Waals surface area contributed by atoms with Crippen molar-refractivity contribution in [2.24, 2.45) is 0 Å². The zero-order valence-electron chi connectivity index (χ0n) is 16.8. The second-order valence-corrected chi connectivity index (χ2v) is 7.05. The summed E-state index contributed by atoms with van der Waals surface area (Å²) in [5.41, 5.74) is -0.127. The van der Waals surface area contributed by atoms with Crippen molar-refractivity contribution in [2.45, 2.75) is 13.1 Å². The predicted molar refractivity (Wildman–Crippen MR) is 103 cm³/mol. The molecule has 0 N–H and O–H groups in total. The van der Waals surface area contributed by atoms with Crippen molar-refractivity contribution in [3.05, 3.63) is 47.4 Å². The molecule has 0 radical (unpaired) electrons. The zero-order chi connectivity index (χ0) is 22.9. The van der Waals surface area contributed by atoms with Gasteiger partial charge in [0.15, 0.2) is 0 Å². The second-order valence-electron chi connectivity index (χ2n) is 7.05. The number of likely N-dealkylation sites (N-methyl/N-ethyl adjacent to an activating group) is 1. The van der Waals surface area contributed by atoms with Crippen LogP contribution in [0.1, 0.15) is 16.1 Å². The quantitative estimate of drug-likeness (QED) is 0.571. The van der Waals surface area contributed by atoms with Crippen LogP contribution in [0.4, 0.5) is 17.6 Å². The molecule has 1 aromatic carbocycles. The Labute approximate surface area is 174 Å². The molecule has 0 aliphatic rings. The van der Waals surface area contributed by atoms with Crippen molar-refractivity contribution in [3.8, 4) is 11.3 Å². The lowest BCUT2D eigenvalue weighted by atomic mass is 10.0. The van der Waals surface area contributed by atoms with Crippen molar-refractivity contribution in [2.75, 3.05) is 27.2 Å². The molecule has 3 rings (SSSR count). The molecular formula is C20H18F4N4O3. The van der Waals surface area contributed by atoms with Gasteiger partial charge in [-0.1, -0.05) is 17.3 Å². The van der Waals surface area contributed by atoms with Crippen LogP contribution >= 0.6 is 0 Å². The van der Waals surface area contributed by atoms with Gasteiger partial charge in [0.1, 0.15) is 18.9 Å². The number of hydrogen-bond donors (Lipinski definition) is 0. The monoisotopic (exact) mass is 438 g/mol. The van der Waals surface area contributed by atoms with Crippen LogP contribution in [0, 0.1) is 12.7 Å². The number of halogens is 4. The highest BCUT2D eigenvalue weighted by atomic mass is 19.4. The van der Waals surface area contributed by atoms with E-state index in [1.54, 1.807) is 6.07 Å². The maximum Gasteiger partial charge on any atom is 0.406 e. The lowest BCUT2D eigenvalue weighted by Gasteiger charge is -2.25. The van der Waals surface area contributed by atoms with E-state index in [2.05, 4.69) is 10.1 Å². The lowest BCUT2D eigenvalue weighted by molar-refractivity contribution is -0.146. The Morgan fingerprint density at radius 2 is 1.84 bits per heavy atom. The molecule has 0 atom stereocenters. The molecule has 2 heterocycles. The number of carbonyl (C=O) groups excluding carboxylic acids is 2. The van der Waals surface area contributed by atoms with E-state index in [9.17, 15) is 27.2 Å². The maximum atomic E-state index is 14.3. The summed E-state index contributed by atoms with van der Waals surface area (Å²) in [6.07, 6.45) is -4.74. The molecular weight excluding hydrogens is 420 g/mol. The second kappa shape index (κ2) is 8.32. The molecule has 0 aliphatic carbocycles. The minimum absolute atomic E-state index is 0.0176. The van der Waals surface area contributed by atoms with Gasteiger partial charge in [-0.05, 0) is 25.1 Å². The summed E-state index contributed by atoms with van der Waals surface area (Å²) >= 11 is 0. The zero-order valence-corrected chi connectivity index (χ0v) is 16.8. The van der Waals surface area contributed by atoms with Gasteiger partial charge in [-0.25, -0.2) is 9.37 Å². The Morgan fingerprint density at radius 3 is 2.45 bits per heavy atom. The van der Waals surface area contributed by atoms with Crippen LogP contribution in [0.5, 0.6) is 0 Å². The number of aromatic nitrogens is 2. The van der Waals surface area contributed by atoms with Crippen molar-refractivity contribution in [1.82, 2.24) is 19.9 Å². The molecule has 3 aromatic rings. The molecule has 0 fully saturated rings. The fraction of sp³-hybridized carbons (Fsp3) is 0.300. The van der Waals surface area contributed by atoms with E-state index in [-0.39, 0.29) is 33.6 Å². The number of fused-ring (bicyclic) bond motifs is 1. The Morgan fingerprint density at radius 1 is 1.16 bits per heavy atom. The van der Waals surface area contributed by atoms with Crippen LogP contribution in [0.3, 0.4) is 0 Å². The number of benzene rings is 1. The Balaban J connectivity index is 2.15. The number of hydrogen-bond acceptors (Lipinski definition) is 5. The number of alkyl halides is 3. The van der Waals surface area contributed by atoms with Crippen LogP contribution in [-0.2, 0) is 4.79 Å². The Bertz CT molecular complexity index is 1140. The summed E-state index contributed by atoms with van der Waals surface area (Å²) in [6, 6.07) is 6.77. The van der Waals surface area contributed by atoms with E-state index in [4.69, 9.17) is 4.52 Å². The molecule has 0 aliphatic heterocycles. The highest BCUT2D eigenvalue weighted by Gasteiger charge is 2.36. The summed E-state index contributed by atoms with van der Waals surface area (Å²) in [5.74, 6) is -2.41. The summed E-state index contributed by atoms with van der Waals surface area (Å²) in [5, 5.41) is 3.81. The standard InChI is InChI=1S/C20H18F4N4O3/c1-11-17-13(19(30)28(10-20(22,23)24)9-16(29)27(2)3)8-15(25-18(17)31-26-11)12-6-4-5-7-14(12)21/h4-8H,9-10H2,1-3H3. The molecule has 0 saturated carbocycles. The minimum Gasteiger partial charge on any atom is -0.347 e. The number of aryl methyl sites for hydroxylation is 1. The van der Waals surface area contributed by atoms with Crippen LogP contribution in [0.25, 0.3) is 22.4 Å². The number of amides is 2. The summed E-state index contributed by atoms with van der Waals surface area (Å²) < 4.78 is 58.8. The van der Waals surface area contributed by atoms with E-state index in [0.717, 1.165) is 4.90 Å². The summed E-state index contributed by atoms with van der Waals surface area (Å²) in [7, 11) is 2.73. The van der Waals surface area contributed by atoms with E-state index >= 15 is 0 Å². The third-order valence-electron chi connectivity index (χ3n) is 4.48. The van der Waals surface area contributed by atoms with Gasteiger partial charge in [0.05, 0.1) is 22.3 Å². The van der Waals surface area contributed by atoms with Crippen molar-refractivity contribution < 1.29 is 31.7 Å². The molecule has 164 valence electrons. The molecule has 11 heteroatoms. The third-order valence-corrected chi connectivity index (χ3v) is 4.48. The Kier molecular flexibility index (Phi) is 5.96. The molecule has 7 nitrogen and oxygen atoms in total. The highest BCUT2D eigenvalue weighted by Crippen LogP contribution is 2.30. The smallest absolute Gasteiger partial charge is 0.347 e. The van der Waals surface area contributed by atoms with Gasteiger partial charge in [-0.15, -0.1) is 0 Å². The summed E-state index contributed by atoms with van der Waals surface area (Å²) in [6.45, 7) is -0.949. The van der Waals surface area contributed by atoms with Gasteiger partial charge in [0, 0.05) is 19.7 Å². The van der Waals surface area contributed by atoms with E-state index in [1.165, 1.54) is 45.3 Å². The molecule has 0 bridgehead atoms. The lowest BCUT2D eigenvalue weighted by Crippen LogP contribution is -2.45. The van der Waals surface area contributed by atoms with E-state index in [1.807, 2.05) is 0 Å². The third kappa shape index (κ3) is 4.81. The first-order valence-corrected chi connectivity index (χ1v) is 9.06. The van der Waals surface area contributed by atoms with Gasteiger partial charge in [-0.2, -0.15) is 13.2 Å². The van der Waals surface area contributed by atoms with Gasteiger partial charge in [0.25, 0.3) is 11.6 Å². The first kappa shape index (κ1) is 22.2. The van der Waals surface area contributed by atoms with Crippen LogP contribution in [-0.4, -0.2) is 65.1 Å². The highest BCUT2D eigenvalue weighted by molar-refractivity contribution is 6.07. The van der Waals surface area contributed by atoms with Gasteiger partial charge < -0.3 is 14.3 Å². The van der Waals surface area contributed by atoms with Gasteiger partial charge in [0.2, 0.25) is 5.91 Å². The van der Waals surface area contributed by atoms with E-state index in [0.29, 0.717) is 4.90 Å². The van der Waals surface area contributed by atoms with Crippen LogP contribution < -0.4 is 0 Å². The average Bonchev–Trinajstić information content (AvgIpc) is 3.06. The average molecular weight is 438 g/mol. The first-order chi connectivity index (χ1) is 14.5. The topological polar surface area (TPSA) is 79.5 Å². The fourth-order valence-corrected chi connectivity index (χ4v) is 2.96. The minimum atomic E-state index is -4.74. The van der Waals surface area contributed by atoms with Crippen molar-refractivity contribution in [3.63, 3.8) is 0 Å². The SMILES string of the molecule is Cc1noc2nc(-c3ccccc3F)cc(C(=O)N(CC(=O)N(C)C)CC(F)(F)F)c12. The Hall–Kier alpha value is -3.50. The molecule has 0 unspecified atom stereocenters. The number of carbonyl (C=O) groups is 2. The number of pyridine rings is 1. The van der Waals surface area contributed by atoms with E-state index < -0.39 is 36.9 Å². The van der Waals surface area contributed by atoms with Gasteiger partial charge >= 0.3 is 6.18 Å². The fourth-order valence-electron chi connectivity index (χ4n) is 2.96. The number of rotatable bonds is 5. The molecule has 2 aromatic heterocycles. The van der Waals surface area contributed by atoms with Crippen molar-refractivity contribution in [1.29, 1.82) is 0 Å². The molecule has 2 amide bonds. The van der Waals surface area contributed by atoms with Crippen molar-refractivity contribution >= 4 is 22.9 Å². The molecule has 0 saturated heterocycles. The summed E-state index contributed by atoms with van der Waals surface area (Å²) in [4.78, 5) is 30.9. The predicted octanol–water partition coefficient (Wildman–Crippen LogP) is 3.43. The van der Waals surface area contributed by atoms with Gasteiger partial charge in [-0.3, -0.25) is 9.59 Å². The maximum absolute atomic E-state index is 14.3. The molecule has 31 heavy (non-hydrogen) atoms.